The van der Waals surface area contributed by atoms with Gasteiger partial charge in [0.2, 0.25) is 0 Å². The van der Waals surface area contributed by atoms with E-state index in [1.54, 1.807) is 54.8 Å². The van der Waals surface area contributed by atoms with E-state index in [1.165, 1.54) is 24.3 Å². The lowest BCUT2D eigenvalue weighted by atomic mass is 10.1. The van der Waals surface area contributed by atoms with E-state index in [9.17, 15) is 18.0 Å². The number of hydrogen-bond donors (Lipinski definition) is 1. The summed E-state index contributed by atoms with van der Waals surface area (Å²) in [6.45, 7) is 7.64. The normalized spacial score (nSPS) is 11.3. The first-order valence-corrected chi connectivity index (χ1v) is 13.1. The zero-order valence-electron chi connectivity index (χ0n) is 20.1. The predicted molar refractivity (Wildman–Crippen MR) is 140 cm³/mol. The van der Waals surface area contributed by atoms with E-state index in [1.807, 2.05) is 0 Å². The molecule has 9 nitrogen and oxygen atoms in total. The van der Waals surface area contributed by atoms with Crippen molar-refractivity contribution in [3.05, 3.63) is 94.4 Å². The van der Waals surface area contributed by atoms with Crippen molar-refractivity contribution in [2.75, 3.05) is 6.61 Å². The largest absolute Gasteiger partial charge is 0.462 e. The Kier molecular flexibility index (Phi) is 7.42. The molecule has 4 rings (SSSR count). The predicted octanol–water partition coefficient (Wildman–Crippen LogP) is 4.38. The van der Waals surface area contributed by atoms with Gasteiger partial charge in [-0.2, -0.15) is 0 Å². The fourth-order valence-corrected chi connectivity index (χ4v) is 4.84. The van der Waals surface area contributed by atoms with Crippen LogP contribution in [0, 0.1) is 6.92 Å². The van der Waals surface area contributed by atoms with Crippen LogP contribution in [-0.4, -0.2) is 41.4 Å². The number of benzene rings is 2. The number of hydrogen-bond acceptors (Lipinski definition) is 7. The molecule has 0 radical (unpaired) electrons. The first-order valence-electron chi connectivity index (χ1n) is 11.2. The van der Waals surface area contributed by atoms with Gasteiger partial charge in [-0.25, -0.2) is 27.9 Å². The van der Waals surface area contributed by atoms with Gasteiger partial charge in [-0.1, -0.05) is 42.5 Å². The van der Waals surface area contributed by atoms with E-state index in [-0.39, 0.29) is 23.7 Å². The number of sulfonamides is 1. The van der Waals surface area contributed by atoms with Crippen LogP contribution in [0.4, 0.5) is 0 Å². The van der Waals surface area contributed by atoms with Crippen LogP contribution >= 0.6 is 11.6 Å². The second kappa shape index (κ2) is 10.5. The van der Waals surface area contributed by atoms with E-state index in [2.05, 4.69) is 21.3 Å². The Bertz CT molecular complexity index is 1630. The molecule has 1 N–H and O–H groups in total. The summed E-state index contributed by atoms with van der Waals surface area (Å²) in [5.74, 6) is -0.735. The third kappa shape index (κ3) is 5.55. The first-order chi connectivity index (χ1) is 17.6. The summed E-state index contributed by atoms with van der Waals surface area (Å²) in [4.78, 5) is 33.6. The molecular formula is C26H23ClN4O5S. The number of ether oxygens (including phenoxy) is 1. The van der Waals surface area contributed by atoms with Crippen LogP contribution in [0.5, 0.6) is 0 Å². The maximum absolute atomic E-state index is 12.8. The third-order valence-electron chi connectivity index (χ3n) is 5.56. The number of esters is 1. The Morgan fingerprint density at radius 1 is 1.11 bits per heavy atom. The van der Waals surface area contributed by atoms with Crippen molar-refractivity contribution in [2.45, 2.75) is 25.3 Å². The van der Waals surface area contributed by atoms with Crippen molar-refractivity contribution >= 4 is 50.7 Å². The van der Waals surface area contributed by atoms with E-state index in [0.717, 1.165) is 5.56 Å². The monoisotopic (exact) mass is 538 g/mol. The highest BCUT2D eigenvalue weighted by molar-refractivity contribution is 7.90. The average Bonchev–Trinajstić information content (AvgIpc) is 3.19. The topological polar surface area (TPSA) is 120 Å². The van der Waals surface area contributed by atoms with E-state index < -0.39 is 21.9 Å². The summed E-state index contributed by atoms with van der Waals surface area (Å²) in [7, 11) is -4.11. The van der Waals surface area contributed by atoms with Gasteiger partial charge < -0.3 is 9.30 Å². The Hall–Kier alpha value is -4.02. The first kappa shape index (κ1) is 26.1. The highest BCUT2D eigenvalue weighted by Crippen LogP contribution is 2.23. The average molecular weight is 539 g/mol. The molecule has 0 atom stereocenters. The zero-order valence-corrected chi connectivity index (χ0v) is 21.6. The van der Waals surface area contributed by atoms with Crippen LogP contribution < -0.4 is 4.72 Å². The van der Waals surface area contributed by atoms with Crippen LogP contribution in [0.3, 0.4) is 0 Å². The molecule has 37 heavy (non-hydrogen) atoms. The Labute approximate surface area is 218 Å². The fraction of sp³-hybridized carbons (Fsp3) is 0.154. The van der Waals surface area contributed by atoms with Gasteiger partial charge in [0.15, 0.2) is 5.65 Å². The summed E-state index contributed by atoms with van der Waals surface area (Å²) < 4.78 is 34.2. The lowest BCUT2D eigenvalue weighted by Gasteiger charge is -2.11. The van der Waals surface area contributed by atoms with Crippen LogP contribution in [0.15, 0.2) is 66.1 Å². The number of pyridine rings is 1. The number of amides is 1. The molecule has 0 unspecified atom stereocenters. The molecule has 0 aliphatic rings. The van der Waals surface area contributed by atoms with Crippen molar-refractivity contribution in [3.63, 3.8) is 0 Å². The number of fused-ring (bicyclic) bond motifs is 1. The molecule has 0 bridgehead atoms. The molecule has 0 fully saturated rings. The number of rotatable bonds is 8. The lowest BCUT2D eigenvalue weighted by molar-refractivity contribution is 0.0526. The minimum atomic E-state index is -4.11. The number of halogens is 1. The molecule has 190 valence electrons. The Morgan fingerprint density at radius 3 is 2.49 bits per heavy atom. The van der Waals surface area contributed by atoms with E-state index in [0.29, 0.717) is 33.1 Å². The molecule has 2 aromatic heterocycles. The van der Waals surface area contributed by atoms with Gasteiger partial charge >= 0.3 is 5.97 Å². The quantitative estimate of drug-likeness (QED) is 0.330. The molecule has 4 aromatic rings. The summed E-state index contributed by atoms with van der Waals surface area (Å²) >= 11 is 6.43. The van der Waals surface area contributed by atoms with Gasteiger partial charge in [0.05, 0.1) is 23.6 Å². The number of aryl methyl sites for hydroxylation is 1. The van der Waals surface area contributed by atoms with Crippen molar-refractivity contribution in [3.8, 4) is 0 Å². The molecule has 0 aliphatic carbocycles. The molecule has 2 aromatic carbocycles. The van der Waals surface area contributed by atoms with Crippen molar-refractivity contribution in [1.82, 2.24) is 19.3 Å². The highest BCUT2D eigenvalue weighted by Gasteiger charge is 2.21. The number of imidazole rings is 1. The number of aromatic nitrogens is 3. The summed E-state index contributed by atoms with van der Waals surface area (Å²) in [5, 5.41) is 0.356. The fourth-order valence-electron chi connectivity index (χ4n) is 3.63. The minimum Gasteiger partial charge on any atom is -0.462 e. The van der Waals surface area contributed by atoms with E-state index >= 15 is 0 Å². The summed E-state index contributed by atoms with van der Waals surface area (Å²) in [6, 6.07) is 13.8. The SMILES string of the molecule is C=Cc1ccc(S(=O)(=O)NC(=O)c2ccc3nc(C)n(Cc4ccc(C(=O)OCC)cc4Cl)c3n2)cc1. The number of nitrogens with zero attached hydrogens (tertiary/aromatic N) is 3. The Morgan fingerprint density at radius 2 is 1.84 bits per heavy atom. The van der Waals surface area contributed by atoms with Crippen molar-refractivity contribution < 1.29 is 22.7 Å². The smallest absolute Gasteiger partial charge is 0.338 e. The minimum absolute atomic E-state index is 0.0608. The maximum atomic E-state index is 12.8. The lowest BCUT2D eigenvalue weighted by Crippen LogP contribution is -2.31. The number of carbonyl (C=O) groups excluding carboxylic acids is 2. The molecule has 0 saturated carbocycles. The van der Waals surface area contributed by atoms with Crippen LogP contribution in [0.25, 0.3) is 17.2 Å². The molecule has 11 heteroatoms. The molecule has 0 spiro atoms. The molecule has 0 saturated heterocycles. The maximum Gasteiger partial charge on any atom is 0.338 e. The van der Waals surface area contributed by atoms with E-state index in [4.69, 9.17) is 16.3 Å². The molecular weight excluding hydrogens is 516 g/mol. The Balaban J connectivity index is 1.61. The number of carbonyl (C=O) groups is 2. The van der Waals surface area contributed by atoms with Crippen LogP contribution in [0.1, 0.15) is 44.7 Å². The molecule has 2 heterocycles. The van der Waals surface area contributed by atoms with Crippen LogP contribution in [0.2, 0.25) is 5.02 Å². The summed E-state index contributed by atoms with van der Waals surface area (Å²) in [6.07, 6.45) is 1.58. The second-order valence-electron chi connectivity index (χ2n) is 8.02. The van der Waals surface area contributed by atoms with Crippen LogP contribution in [-0.2, 0) is 21.3 Å². The van der Waals surface area contributed by atoms with Gasteiger partial charge in [-0.3, -0.25) is 4.79 Å². The molecule has 0 aliphatic heterocycles. The second-order valence-corrected chi connectivity index (χ2v) is 10.1. The van der Waals surface area contributed by atoms with Gasteiger partial charge in [-0.15, -0.1) is 0 Å². The van der Waals surface area contributed by atoms with Crippen molar-refractivity contribution in [2.24, 2.45) is 0 Å². The van der Waals surface area contributed by atoms with Gasteiger partial charge in [-0.05, 0) is 61.4 Å². The summed E-state index contributed by atoms with van der Waals surface area (Å²) in [5.41, 5.74) is 2.58. The van der Waals surface area contributed by atoms with Gasteiger partial charge in [0.1, 0.15) is 17.0 Å². The highest BCUT2D eigenvalue weighted by atomic mass is 35.5. The standard InChI is InChI=1S/C26H23ClN4O5S/c1-4-17-6-10-20(11-7-17)37(34,35)30-25(32)23-13-12-22-24(29-23)31(16(3)28-22)15-19-9-8-18(14-21(19)27)26(33)36-5-2/h4,6-14H,1,5,15H2,2-3H3,(H,30,32). The zero-order chi connectivity index (χ0) is 26.7. The van der Waals surface area contributed by atoms with Crippen molar-refractivity contribution in [1.29, 1.82) is 0 Å². The molecule has 1 amide bonds. The van der Waals surface area contributed by atoms with Gasteiger partial charge in [0.25, 0.3) is 15.9 Å². The van der Waals surface area contributed by atoms with Gasteiger partial charge in [0, 0.05) is 5.02 Å². The number of nitrogens with one attached hydrogen (secondary N) is 1. The third-order valence-corrected chi connectivity index (χ3v) is 7.26.